The first-order chi connectivity index (χ1) is 8.68. The number of thiazole rings is 1. The van der Waals surface area contributed by atoms with E-state index in [1.807, 2.05) is 5.38 Å². The average molecular weight is 269 g/mol. The van der Waals surface area contributed by atoms with E-state index in [1.165, 1.54) is 0 Å². The first-order valence-corrected chi connectivity index (χ1v) is 7.02. The fourth-order valence-corrected chi connectivity index (χ4v) is 3.27. The van der Waals surface area contributed by atoms with E-state index in [1.54, 1.807) is 24.6 Å². The van der Waals surface area contributed by atoms with Gasteiger partial charge in [0.15, 0.2) is 0 Å². The van der Waals surface area contributed by atoms with Crippen LogP contribution in [0.1, 0.15) is 30.7 Å². The number of carbonyl (C=O) groups is 1. The number of nitrogens with two attached hydrogens (primary N) is 1. The summed E-state index contributed by atoms with van der Waals surface area (Å²) < 4.78 is 4.91. The minimum absolute atomic E-state index is 0.158. The van der Waals surface area contributed by atoms with Gasteiger partial charge in [0.05, 0.1) is 12.1 Å². The number of hydrogen-bond donors (Lipinski definition) is 2. The lowest BCUT2D eigenvalue weighted by atomic mass is 9.98. The van der Waals surface area contributed by atoms with E-state index in [4.69, 9.17) is 10.5 Å². The van der Waals surface area contributed by atoms with Crippen LogP contribution >= 0.6 is 11.3 Å². The zero-order valence-corrected chi connectivity index (χ0v) is 11.3. The van der Waals surface area contributed by atoms with Crippen LogP contribution in [0.2, 0.25) is 0 Å². The van der Waals surface area contributed by atoms with Crippen LogP contribution in [0.5, 0.6) is 0 Å². The fourth-order valence-electron chi connectivity index (χ4n) is 2.41. The van der Waals surface area contributed by atoms with E-state index in [-0.39, 0.29) is 18.1 Å². The summed E-state index contributed by atoms with van der Waals surface area (Å²) in [4.78, 5) is 16.4. The second kappa shape index (κ2) is 5.77. The van der Waals surface area contributed by atoms with Gasteiger partial charge in [0.25, 0.3) is 0 Å². The lowest BCUT2D eigenvalue weighted by molar-refractivity contribution is -0.125. The molecule has 1 aromatic heterocycles. The van der Waals surface area contributed by atoms with Gasteiger partial charge in [-0.05, 0) is 12.8 Å². The Hall–Kier alpha value is -0.980. The van der Waals surface area contributed by atoms with Crippen molar-refractivity contribution in [2.45, 2.75) is 37.3 Å². The largest absolute Gasteiger partial charge is 0.383 e. The molecule has 1 aliphatic carbocycles. The highest BCUT2D eigenvalue weighted by molar-refractivity contribution is 7.09. The zero-order valence-electron chi connectivity index (χ0n) is 10.5. The molecule has 1 aliphatic rings. The van der Waals surface area contributed by atoms with Crippen LogP contribution in [0.15, 0.2) is 11.6 Å². The number of nitrogens with one attached hydrogen (secondary N) is 1. The van der Waals surface area contributed by atoms with E-state index in [2.05, 4.69) is 10.3 Å². The summed E-state index contributed by atoms with van der Waals surface area (Å²) in [5, 5.41) is 6.01. The first-order valence-electron chi connectivity index (χ1n) is 6.14. The number of methoxy groups -OCH3 is 1. The minimum atomic E-state index is -0.618. The van der Waals surface area contributed by atoms with Crippen molar-refractivity contribution in [3.63, 3.8) is 0 Å². The maximum atomic E-state index is 12.1. The maximum absolute atomic E-state index is 12.1. The van der Waals surface area contributed by atoms with Crippen LogP contribution in [0.3, 0.4) is 0 Å². The van der Waals surface area contributed by atoms with Crippen molar-refractivity contribution >= 4 is 17.2 Å². The number of aromatic nitrogens is 1. The molecule has 0 aromatic carbocycles. The molecule has 0 aliphatic heterocycles. The number of carbonyl (C=O) groups excluding carboxylic acids is 1. The van der Waals surface area contributed by atoms with Gasteiger partial charge in [-0.25, -0.2) is 4.98 Å². The molecule has 0 bridgehead atoms. The third-order valence-electron chi connectivity index (χ3n) is 3.34. The van der Waals surface area contributed by atoms with Crippen LogP contribution < -0.4 is 11.1 Å². The predicted molar refractivity (Wildman–Crippen MR) is 70.3 cm³/mol. The number of amides is 1. The zero-order chi connectivity index (χ0) is 13.0. The highest BCUT2D eigenvalue weighted by atomic mass is 32.1. The molecular weight excluding hydrogens is 250 g/mol. The molecule has 0 spiro atoms. The smallest absolute Gasteiger partial charge is 0.240 e. The maximum Gasteiger partial charge on any atom is 0.240 e. The number of nitrogens with zero attached hydrogens (tertiary/aromatic N) is 1. The molecule has 1 amide bonds. The van der Waals surface area contributed by atoms with Crippen molar-refractivity contribution in [3.05, 3.63) is 16.6 Å². The van der Waals surface area contributed by atoms with Gasteiger partial charge in [-0.2, -0.15) is 0 Å². The molecular formula is C12H19N3O2S. The Bertz CT molecular complexity index is 388. The lowest BCUT2D eigenvalue weighted by Gasteiger charge is -2.29. The molecule has 100 valence electrons. The minimum Gasteiger partial charge on any atom is -0.383 e. The molecule has 3 N–H and O–H groups in total. The molecule has 1 aromatic rings. The normalized spacial score (nSPS) is 19.7. The second-order valence-electron chi connectivity index (χ2n) is 4.68. The summed E-state index contributed by atoms with van der Waals surface area (Å²) >= 11 is 1.59. The second-order valence-corrected chi connectivity index (χ2v) is 5.57. The third kappa shape index (κ3) is 2.71. The Balaban J connectivity index is 2.10. The topological polar surface area (TPSA) is 77.2 Å². The molecule has 1 unspecified atom stereocenters. The average Bonchev–Trinajstić information content (AvgIpc) is 3.00. The lowest BCUT2D eigenvalue weighted by Crippen LogP contribution is -2.51. The van der Waals surface area contributed by atoms with E-state index in [9.17, 15) is 4.79 Å². The van der Waals surface area contributed by atoms with Gasteiger partial charge in [-0.3, -0.25) is 4.79 Å². The Morgan fingerprint density at radius 1 is 1.67 bits per heavy atom. The van der Waals surface area contributed by atoms with Gasteiger partial charge < -0.3 is 15.8 Å². The van der Waals surface area contributed by atoms with E-state index in [0.717, 1.165) is 30.7 Å². The van der Waals surface area contributed by atoms with Crippen LogP contribution in [0.25, 0.3) is 0 Å². The molecule has 18 heavy (non-hydrogen) atoms. The van der Waals surface area contributed by atoms with Crippen molar-refractivity contribution in [3.8, 4) is 0 Å². The molecule has 1 atom stereocenters. The van der Waals surface area contributed by atoms with Crippen LogP contribution in [0, 0.1) is 0 Å². The number of rotatable bonds is 5. The Kier molecular flexibility index (Phi) is 4.31. The number of ether oxygens (including phenoxy) is 1. The molecule has 1 fully saturated rings. The Morgan fingerprint density at radius 3 is 2.94 bits per heavy atom. The molecule has 0 saturated heterocycles. The molecule has 1 heterocycles. The number of hydrogen-bond acceptors (Lipinski definition) is 5. The highest BCUT2D eigenvalue weighted by Gasteiger charge is 2.40. The molecule has 2 rings (SSSR count). The Morgan fingerprint density at radius 2 is 2.39 bits per heavy atom. The van der Waals surface area contributed by atoms with E-state index < -0.39 is 6.04 Å². The molecule has 6 heteroatoms. The highest BCUT2D eigenvalue weighted by Crippen LogP contribution is 2.39. The van der Waals surface area contributed by atoms with Gasteiger partial charge in [-0.1, -0.05) is 12.8 Å². The third-order valence-corrected chi connectivity index (χ3v) is 4.32. The van der Waals surface area contributed by atoms with Gasteiger partial charge in [0.2, 0.25) is 5.91 Å². The quantitative estimate of drug-likeness (QED) is 0.836. The molecule has 0 radical (unpaired) electrons. The van der Waals surface area contributed by atoms with Gasteiger partial charge >= 0.3 is 0 Å². The summed E-state index contributed by atoms with van der Waals surface area (Å²) in [5.74, 6) is -0.158. The van der Waals surface area contributed by atoms with Crippen LogP contribution in [-0.4, -0.2) is 30.6 Å². The standard InChI is InChI=1S/C12H19N3O2S/c1-17-8-9(13)10(16)15-12(4-2-3-5-12)11-14-6-7-18-11/h6-7,9H,2-5,8,13H2,1H3,(H,15,16). The fraction of sp³-hybridized carbons (Fsp3) is 0.667. The van der Waals surface area contributed by atoms with Crippen LogP contribution in [-0.2, 0) is 15.1 Å². The van der Waals surface area contributed by atoms with Crippen molar-refractivity contribution in [1.29, 1.82) is 0 Å². The predicted octanol–water partition coefficient (Wildman–Crippen LogP) is 1.00. The monoisotopic (exact) mass is 269 g/mol. The Labute approximate surface area is 111 Å². The summed E-state index contributed by atoms with van der Waals surface area (Å²) in [6.07, 6.45) is 5.87. The van der Waals surface area contributed by atoms with E-state index >= 15 is 0 Å². The van der Waals surface area contributed by atoms with Gasteiger partial charge in [0, 0.05) is 18.7 Å². The van der Waals surface area contributed by atoms with Crippen LogP contribution in [0.4, 0.5) is 0 Å². The summed E-state index contributed by atoms with van der Waals surface area (Å²) in [6, 6.07) is -0.618. The van der Waals surface area contributed by atoms with Crippen molar-refractivity contribution in [2.24, 2.45) is 5.73 Å². The SMILES string of the molecule is COCC(N)C(=O)NC1(c2nccs2)CCCC1. The van der Waals surface area contributed by atoms with Gasteiger partial charge in [-0.15, -0.1) is 11.3 Å². The molecule has 1 saturated carbocycles. The van der Waals surface area contributed by atoms with Crippen molar-refractivity contribution in [2.75, 3.05) is 13.7 Å². The van der Waals surface area contributed by atoms with Gasteiger partial charge in [0.1, 0.15) is 11.0 Å². The summed E-state index contributed by atoms with van der Waals surface area (Å²) in [7, 11) is 1.54. The van der Waals surface area contributed by atoms with E-state index in [0.29, 0.717) is 0 Å². The molecule has 5 nitrogen and oxygen atoms in total. The summed E-state index contributed by atoms with van der Waals surface area (Å²) in [6.45, 7) is 0.236. The van der Waals surface area contributed by atoms with Crippen molar-refractivity contribution in [1.82, 2.24) is 10.3 Å². The summed E-state index contributed by atoms with van der Waals surface area (Å²) in [5.41, 5.74) is 5.46. The van der Waals surface area contributed by atoms with Crippen molar-refractivity contribution < 1.29 is 9.53 Å². The first kappa shape index (κ1) is 13.5.